The van der Waals surface area contributed by atoms with Crippen molar-refractivity contribution in [3.63, 3.8) is 0 Å². The van der Waals surface area contributed by atoms with Gasteiger partial charge in [0.1, 0.15) is 5.56 Å². The number of alkyl halides is 3. The van der Waals surface area contributed by atoms with Crippen molar-refractivity contribution in [1.82, 2.24) is 0 Å². The van der Waals surface area contributed by atoms with Crippen LogP contribution in [0.5, 0.6) is 0 Å². The van der Waals surface area contributed by atoms with E-state index in [9.17, 15) is 23.3 Å². The van der Waals surface area contributed by atoms with Gasteiger partial charge in [-0.2, -0.15) is 13.2 Å². The summed E-state index contributed by atoms with van der Waals surface area (Å²) in [7, 11) is 0. The molecule has 0 spiro atoms. The van der Waals surface area contributed by atoms with Crippen LogP contribution in [0.15, 0.2) is 36.4 Å². The molecule has 0 aliphatic rings. The van der Waals surface area contributed by atoms with Gasteiger partial charge in [-0.05, 0) is 35.4 Å². The molecule has 0 heterocycles. The topological polar surface area (TPSA) is 43.1 Å². The minimum Gasteiger partial charge on any atom is -0.258 e. The van der Waals surface area contributed by atoms with Crippen molar-refractivity contribution >= 4 is 28.9 Å². The van der Waals surface area contributed by atoms with Gasteiger partial charge in [-0.3, -0.25) is 10.1 Å². The summed E-state index contributed by atoms with van der Waals surface area (Å²) >= 11 is 11.6. The number of halogens is 5. The van der Waals surface area contributed by atoms with Crippen LogP contribution in [0.4, 0.5) is 18.9 Å². The monoisotopic (exact) mass is 335 g/mol. The van der Waals surface area contributed by atoms with Gasteiger partial charge in [0.25, 0.3) is 5.69 Å². The lowest BCUT2D eigenvalue weighted by Crippen LogP contribution is -2.09. The SMILES string of the molecule is O=[N+]([O-])c1ccc(-c2ccc(Cl)c(Cl)c2)cc1C(F)(F)F. The highest BCUT2D eigenvalue weighted by atomic mass is 35.5. The minimum atomic E-state index is -4.82. The van der Waals surface area contributed by atoms with E-state index in [0.29, 0.717) is 5.56 Å². The number of nitro groups is 1. The molecule has 0 bridgehead atoms. The van der Waals surface area contributed by atoms with Gasteiger partial charge in [0.05, 0.1) is 15.0 Å². The van der Waals surface area contributed by atoms with Gasteiger partial charge in [-0.25, -0.2) is 0 Å². The molecule has 2 rings (SSSR count). The zero-order chi connectivity index (χ0) is 15.8. The normalized spacial score (nSPS) is 11.5. The standard InChI is InChI=1S/C13H6Cl2F3NO2/c14-10-3-1-8(6-11(10)15)7-2-4-12(19(20)21)9(5-7)13(16,17)18/h1-6H. The first-order chi connectivity index (χ1) is 9.70. The summed E-state index contributed by atoms with van der Waals surface area (Å²) in [4.78, 5) is 9.61. The molecule has 2 aromatic rings. The van der Waals surface area contributed by atoms with Gasteiger partial charge in [0.2, 0.25) is 0 Å². The second kappa shape index (κ2) is 5.54. The maximum Gasteiger partial charge on any atom is 0.423 e. The van der Waals surface area contributed by atoms with Crippen LogP contribution in [0.1, 0.15) is 5.56 Å². The number of nitrogens with zero attached hydrogens (tertiary/aromatic N) is 1. The van der Waals surface area contributed by atoms with Crippen LogP contribution in [0.2, 0.25) is 10.0 Å². The van der Waals surface area contributed by atoms with E-state index in [1.807, 2.05) is 0 Å². The molecule has 0 saturated carbocycles. The third-order valence-electron chi connectivity index (χ3n) is 2.75. The lowest BCUT2D eigenvalue weighted by molar-refractivity contribution is -0.388. The Bertz CT molecular complexity index is 717. The molecule has 8 heteroatoms. The molecule has 0 fully saturated rings. The van der Waals surface area contributed by atoms with Crippen molar-refractivity contribution in [1.29, 1.82) is 0 Å². The van der Waals surface area contributed by atoms with Crippen LogP contribution in [0.3, 0.4) is 0 Å². The summed E-state index contributed by atoms with van der Waals surface area (Å²) in [5, 5.41) is 11.1. The molecule has 0 radical (unpaired) electrons. The molecule has 21 heavy (non-hydrogen) atoms. The Morgan fingerprint density at radius 2 is 1.52 bits per heavy atom. The number of hydrogen-bond donors (Lipinski definition) is 0. The average molecular weight is 336 g/mol. The van der Waals surface area contributed by atoms with E-state index < -0.39 is 22.4 Å². The Hall–Kier alpha value is -1.79. The second-order valence-electron chi connectivity index (χ2n) is 4.12. The number of nitro benzene ring substituents is 1. The van der Waals surface area contributed by atoms with E-state index in [0.717, 1.165) is 12.1 Å². The van der Waals surface area contributed by atoms with Gasteiger partial charge in [0.15, 0.2) is 0 Å². The number of benzene rings is 2. The highest BCUT2D eigenvalue weighted by molar-refractivity contribution is 6.42. The van der Waals surface area contributed by atoms with Crippen LogP contribution >= 0.6 is 23.2 Å². The molecule has 0 aliphatic carbocycles. The predicted molar refractivity (Wildman–Crippen MR) is 73.6 cm³/mol. The summed E-state index contributed by atoms with van der Waals surface area (Å²) in [6.45, 7) is 0. The van der Waals surface area contributed by atoms with Crippen molar-refractivity contribution in [3.8, 4) is 11.1 Å². The Kier molecular flexibility index (Phi) is 4.11. The average Bonchev–Trinajstić information content (AvgIpc) is 2.40. The first-order valence-electron chi connectivity index (χ1n) is 5.51. The zero-order valence-corrected chi connectivity index (χ0v) is 11.6. The smallest absolute Gasteiger partial charge is 0.258 e. The molecule has 0 unspecified atom stereocenters. The van der Waals surface area contributed by atoms with Crippen molar-refractivity contribution < 1.29 is 18.1 Å². The molecule has 0 atom stereocenters. The maximum atomic E-state index is 12.9. The first-order valence-corrected chi connectivity index (χ1v) is 6.27. The van der Waals surface area contributed by atoms with Crippen molar-refractivity contribution in [2.45, 2.75) is 6.18 Å². The number of hydrogen-bond acceptors (Lipinski definition) is 2. The molecule has 0 N–H and O–H groups in total. The molecule has 0 aromatic heterocycles. The predicted octanol–water partition coefficient (Wildman–Crippen LogP) is 5.59. The third-order valence-corrected chi connectivity index (χ3v) is 3.49. The van der Waals surface area contributed by atoms with E-state index in [1.165, 1.54) is 24.3 Å². The third kappa shape index (κ3) is 3.28. The Morgan fingerprint density at radius 3 is 2.05 bits per heavy atom. The van der Waals surface area contributed by atoms with Crippen LogP contribution in [-0.2, 0) is 6.18 Å². The second-order valence-corrected chi connectivity index (χ2v) is 4.93. The van der Waals surface area contributed by atoms with Crippen LogP contribution < -0.4 is 0 Å². The van der Waals surface area contributed by atoms with E-state index in [2.05, 4.69) is 0 Å². The molecule has 0 aliphatic heterocycles. The first kappa shape index (κ1) is 15.6. The van der Waals surface area contributed by atoms with E-state index in [-0.39, 0.29) is 15.6 Å². The molecular formula is C13H6Cl2F3NO2. The van der Waals surface area contributed by atoms with Crippen molar-refractivity contribution in [3.05, 3.63) is 62.1 Å². The fourth-order valence-corrected chi connectivity index (χ4v) is 2.08. The summed E-state index contributed by atoms with van der Waals surface area (Å²) in [6, 6.07) is 7.08. The van der Waals surface area contributed by atoms with Crippen molar-refractivity contribution in [2.75, 3.05) is 0 Å². The van der Waals surface area contributed by atoms with E-state index in [4.69, 9.17) is 23.2 Å². The molecule has 3 nitrogen and oxygen atoms in total. The summed E-state index contributed by atoms with van der Waals surface area (Å²) in [5.41, 5.74) is -1.77. The van der Waals surface area contributed by atoms with Gasteiger partial charge >= 0.3 is 6.18 Å². The molecular weight excluding hydrogens is 330 g/mol. The zero-order valence-electron chi connectivity index (χ0n) is 10.1. The van der Waals surface area contributed by atoms with Gasteiger partial charge in [-0.15, -0.1) is 0 Å². The highest BCUT2D eigenvalue weighted by Gasteiger charge is 2.38. The van der Waals surface area contributed by atoms with Crippen molar-refractivity contribution in [2.24, 2.45) is 0 Å². The van der Waals surface area contributed by atoms with E-state index >= 15 is 0 Å². The fraction of sp³-hybridized carbons (Fsp3) is 0.0769. The van der Waals surface area contributed by atoms with Crippen LogP contribution in [-0.4, -0.2) is 4.92 Å². The summed E-state index contributed by atoms with van der Waals surface area (Å²) < 4.78 is 38.7. The summed E-state index contributed by atoms with van der Waals surface area (Å²) in [5.74, 6) is 0. The molecule has 110 valence electrons. The van der Waals surface area contributed by atoms with Gasteiger partial charge in [-0.1, -0.05) is 29.3 Å². The molecule has 0 amide bonds. The molecule has 0 saturated heterocycles. The Balaban J connectivity index is 2.61. The minimum absolute atomic E-state index is 0.159. The largest absolute Gasteiger partial charge is 0.423 e. The highest BCUT2D eigenvalue weighted by Crippen LogP contribution is 2.39. The van der Waals surface area contributed by atoms with Gasteiger partial charge < -0.3 is 0 Å². The lowest BCUT2D eigenvalue weighted by atomic mass is 10.0. The molecule has 2 aromatic carbocycles. The van der Waals surface area contributed by atoms with Crippen LogP contribution in [0, 0.1) is 10.1 Å². The fourth-order valence-electron chi connectivity index (χ4n) is 1.78. The maximum absolute atomic E-state index is 12.9. The lowest BCUT2D eigenvalue weighted by Gasteiger charge is -2.10. The van der Waals surface area contributed by atoms with Gasteiger partial charge in [0, 0.05) is 6.07 Å². The quantitative estimate of drug-likeness (QED) is 0.530. The summed E-state index contributed by atoms with van der Waals surface area (Å²) in [6.07, 6.45) is -4.82. The van der Waals surface area contributed by atoms with Crippen LogP contribution in [0.25, 0.3) is 11.1 Å². The number of rotatable bonds is 2. The Morgan fingerprint density at radius 1 is 0.952 bits per heavy atom. The van der Waals surface area contributed by atoms with E-state index in [1.54, 1.807) is 0 Å². The Labute approximate surface area is 127 Å².